The Morgan fingerprint density at radius 3 is 1.87 bits per heavy atom. The predicted octanol–water partition coefficient (Wildman–Crippen LogP) is 6.48. The van der Waals surface area contributed by atoms with Gasteiger partial charge < -0.3 is 4.57 Å². The Morgan fingerprint density at radius 2 is 1.48 bits per heavy atom. The van der Waals surface area contributed by atoms with E-state index in [2.05, 4.69) is 60.6 Å². The third-order valence-corrected chi connectivity index (χ3v) is 8.92. The van der Waals surface area contributed by atoms with Crippen LogP contribution in [-0.4, -0.2) is 12.3 Å². The van der Waals surface area contributed by atoms with Crippen LogP contribution in [0.4, 0.5) is 0 Å². The summed E-state index contributed by atoms with van der Waals surface area (Å²) in [6.45, 7) is 15.8. The highest BCUT2D eigenvalue weighted by Crippen LogP contribution is 2.54. The van der Waals surface area contributed by atoms with E-state index in [9.17, 15) is 4.57 Å². The molecule has 1 heterocycles. The smallest absolute Gasteiger partial charge is 0.116 e. The van der Waals surface area contributed by atoms with Gasteiger partial charge in [-0.3, -0.25) is 0 Å². The van der Waals surface area contributed by atoms with E-state index in [0.717, 1.165) is 18.7 Å². The molecule has 2 unspecified atom stereocenters. The fourth-order valence-electron chi connectivity index (χ4n) is 3.97. The lowest BCUT2D eigenvalue weighted by atomic mass is 9.89. The summed E-state index contributed by atoms with van der Waals surface area (Å²) in [5.41, 5.74) is 4.12. The second kappa shape index (κ2) is 7.14. The molecule has 0 amide bonds. The molecule has 1 fully saturated rings. The third kappa shape index (κ3) is 3.93. The zero-order valence-corrected chi connectivity index (χ0v) is 17.0. The topological polar surface area (TPSA) is 17.1 Å². The molecule has 1 aliphatic heterocycles. The summed E-state index contributed by atoms with van der Waals surface area (Å²) in [7, 11) is -2.26. The average molecular weight is 334 g/mol. The molecule has 0 radical (unpaired) electrons. The maximum absolute atomic E-state index is 14.0. The summed E-state index contributed by atoms with van der Waals surface area (Å²) in [5.74, 6) is 1.98. The molecule has 0 aromatic heterocycles. The minimum atomic E-state index is -2.26. The van der Waals surface area contributed by atoms with Crippen LogP contribution in [0.5, 0.6) is 0 Å². The van der Waals surface area contributed by atoms with Gasteiger partial charge in [-0.2, -0.15) is 0 Å². The van der Waals surface area contributed by atoms with Gasteiger partial charge in [0.1, 0.15) is 7.14 Å². The normalized spacial score (nSPS) is 25.6. The predicted molar refractivity (Wildman–Crippen MR) is 104 cm³/mol. The van der Waals surface area contributed by atoms with E-state index < -0.39 is 7.14 Å². The van der Waals surface area contributed by atoms with Crippen molar-refractivity contribution in [3.8, 4) is 0 Å². The number of benzene rings is 1. The monoisotopic (exact) mass is 334 g/mol. The van der Waals surface area contributed by atoms with E-state index in [4.69, 9.17) is 0 Å². The van der Waals surface area contributed by atoms with Gasteiger partial charge in [0.05, 0.1) is 0 Å². The molecule has 0 saturated carbocycles. The van der Waals surface area contributed by atoms with Crippen molar-refractivity contribution >= 4 is 12.4 Å². The zero-order valence-electron chi connectivity index (χ0n) is 16.1. The van der Waals surface area contributed by atoms with Crippen molar-refractivity contribution in [2.24, 2.45) is 5.92 Å². The molecular formula is C21H35OP. The average Bonchev–Trinajstić information content (AvgIpc) is 2.45. The molecule has 1 nitrogen and oxygen atoms in total. The lowest BCUT2D eigenvalue weighted by Crippen LogP contribution is -2.27. The minimum Gasteiger partial charge on any atom is -0.319 e. The van der Waals surface area contributed by atoms with Crippen molar-refractivity contribution in [1.82, 2.24) is 0 Å². The SMILES string of the molecule is CC1CCCP(=O)(c2c(C(C)C)cc(C(C)C)cc2C(C)C)C1. The summed E-state index contributed by atoms with van der Waals surface area (Å²) in [6, 6.07) is 4.71. The standard InChI is InChI=1S/C21H35OP/c1-14(2)18-11-19(15(3)4)21(20(12-18)16(5)6)23(22)10-8-9-17(7)13-23/h11-12,14-17H,8-10,13H2,1-7H3. The first kappa shape index (κ1) is 18.8. The second-order valence-electron chi connectivity index (χ2n) is 8.55. The highest BCUT2D eigenvalue weighted by atomic mass is 31.2. The highest BCUT2D eigenvalue weighted by molar-refractivity contribution is 7.71. The molecule has 2 rings (SSSR count). The third-order valence-electron chi connectivity index (χ3n) is 5.33. The Labute approximate surface area is 143 Å². The molecule has 2 atom stereocenters. The first-order valence-electron chi connectivity index (χ1n) is 9.42. The van der Waals surface area contributed by atoms with Gasteiger partial charge in [0, 0.05) is 17.6 Å². The lowest BCUT2D eigenvalue weighted by Gasteiger charge is -2.33. The molecule has 0 bridgehead atoms. The molecule has 23 heavy (non-hydrogen) atoms. The lowest BCUT2D eigenvalue weighted by molar-refractivity contribution is 0.517. The summed E-state index contributed by atoms with van der Waals surface area (Å²) in [6.07, 6.45) is 4.19. The summed E-state index contributed by atoms with van der Waals surface area (Å²) in [5, 5.41) is 1.26. The molecule has 1 aliphatic rings. The second-order valence-corrected chi connectivity index (χ2v) is 11.6. The van der Waals surface area contributed by atoms with Crippen molar-refractivity contribution in [2.75, 3.05) is 12.3 Å². The largest absolute Gasteiger partial charge is 0.319 e. The molecule has 1 saturated heterocycles. The summed E-state index contributed by atoms with van der Waals surface area (Å²) in [4.78, 5) is 0. The number of rotatable bonds is 4. The van der Waals surface area contributed by atoms with Gasteiger partial charge in [-0.05, 0) is 53.2 Å². The number of hydrogen-bond donors (Lipinski definition) is 0. The van der Waals surface area contributed by atoms with Crippen LogP contribution >= 0.6 is 7.14 Å². The summed E-state index contributed by atoms with van der Waals surface area (Å²) >= 11 is 0. The van der Waals surface area contributed by atoms with Crippen molar-refractivity contribution in [2.45, 2.75) is 79.1 Å². The first-order chi connectivity index (χ1) is 10.7. The maximum Gasteiger partial charge on any atom is 0.116 e. The van der Waals surface area contributed by atoms with Gasteiger partial charge in [-0.1, -0.05) is 60.6 Å². The van der Waals surface area contributed by atoms with Crippen molar-refractivity contribution in [3.63, 3.8) is 0 Å². The molecule has 0 N–H and O–H groups in total. The van der Waals surface area contributed by atoms with Gasteiger partial charge in [0.2, 0.25) is 0 Å². The Balaban J connectivity index is 2.71. The van der Waals surface area contributed by atoms with Crippen molar-refractivity contribution < 1.29 is 4.57 Å². The van der Waals surface area contributed by atoms with Crippen LogP contribution in [0.3, 0.4) is 0 Å². The number of hydrogen-bond acceptors (Lipinski definition) is 1. The fourth-order valence-corrected chi connectivity index (χ4v) is 8.03. The van der Waals surface area contributed by atoms with Gasteiger partial charge in [0.25, 0.3) is 0 Å². The molecule has 1 aromatic carbocycles. The van der Waals surface area contributed by atoms with Crippen LogP contribution in [0, 0.1) is 5.92 Å². The van der Waals surface area contributed by atoms with Crippen LogP contribution in [0.15, 0.2) is 12.1 Å². The van der Waals surface area contributed by atoms with Crippen LogP contribution in [0.1, 0.15) is 95.8 Å². The van der Waals surface area contributed by atoms with Crippen molar-refractivity contribution in [3.05, 3.63) is 28.8 Å². The molecular weight excluding hydrogens is 299 g/mol. The van der Waals surface area contributed by atoms with Gasteiger partial charge in [-0.15, -0.1) is 0 Å². The highest BCUT2D eigenvalue weighted by Gasteiger charge is 2.35. The molecule has 1 aromatic rings. The van der Waals surface area contributed by atoms with Crippen LogP contribution in [-0.2, 0) is 4.57 Å². The minimum absolute atomic E-state index is 0.434. The van der Waals surface area contributed by atoms with E-state index >= 15 is 0 Å². The molecule has 0 aliphatic carbocycles. The Kier molecular flexibility index (Phi) is 5.83. The van der Waals surface area contributed by atoms with E-state index in [1.165, 1.54) is 28.4 Å². The molecule has 2 heteroatoms. The van der Waals surface area contributed by atoms with E-state index in [-0.39, 0.29) is 0 Å². The van der Waals surface area contributed by atoms with Gasteiger partial charge >= 0.3 is 0 Å². The van der Waals surface area contributed by atoms with E-state index in [1.54, 1.807) is 0 Å². The van der Waals surface area contributed by atoms with Gasteiger partial charge in [-0.25, -0.2) is 0 Å². The van der Waals surface area contributed by atoms with E-state index in [1.807, 2.05) is 0 Å². The molecule has 0 spiro atoms. The van der Waals surface area contributed by atoms with Crippen LogP contribution in [0.25, 0.3) is 0 Å². The Bertz CT molecular complexity index is 569. The van der Waals surface area contributed by atoms with E-state index in [0.29, 0.717) is 23.7 Å². The zero-order chi connectivity index (χ0) is 17.4. The summed E-state index contributed by atoms with van der Waals surface area (Å²) < 4.78 is 14.0. The van der Waals surface area contributed by atoms with Crippen molar-refractivity contribution in [1.29, 1.82) is 0 Å². The Hall–Kier alpha value is -0.550. The Morgan fingerprint density at radius 1 is 0.957 bits per heavy atom. The quantitative estimate of drug-likeness (QED) is 0.576. The first-order valence-corrected chi connectivity index (χ1v) is 11.5. The van der Waals surface area contributed by atoms with Crippen LogP contribution < -0.4 is 5.30 Å². The van der Waals surface area contributed by atoms with Crippen LogP contribution in [0.2, 0.25) is 0 Å². The molecule has 130 valence electrons. The fraction of sp³-hybridized carbons (Fsp3) is 0.714. The maximum atomic E-state index is 14.0. The van der Waals surface area contributed by atoms with Gasteiger partial charge in [0.15, 0.2) is 0 Å².